The molecule has 0 heterocycles. The van der Waals surface area contributed by atoms with Crippen molar-refractivity contribution in [3.63, 3.8) is 0 Å². The molecule has 2 aliphatic carbocycles. The number of alkyl halides is 1. The van der Waals surface area contributed by atoms with Gasteiger partial charge in [-0.05, 0) is 61.1 Å². The van der Waals surface area contributed by atoms with Crippen LogP contribution in [-0.4, -0.2) is 5.38 Å². The fourth-order valence-electron chi connectivity index (χ4n) is 4.25. The lowest BCUT2D eigenvalue weighted by Gasteiger charge is -2.40. The molecule has 20 heavy (non-hydrogen) atoms. The van der Waals surface area contributed by atoms with Crippen LogP contribution in [0.3, 0.4) is 0 Å². The predicted molar refractivity (Wildman–Crippen MR) is 82.5 cm³/mol. The van der Waals surface area contributed by atoms with E-state index in [9.17, 15) is 4.39 Å². The topological polar surface area (TPSA) is 0 Å². The molecule has 2 fully saturated rings. The number of fused-ring (bicyclic) bond motifs is 1. The van der Waals surface area contributed by atoms with Crippen LogP contribution in [0.25, 0.3) is 0 Å². The zero-order valence-corrected chi connectivity index (χ0v) is 12.8. The van der Waals surface area contributed by atoms with Crippen molar-refractivity contribution in [2.75, 3.05) is 0 Å². The summed E-state index contributed by atoms with van der Waals surface area (Å²) in [7, 11) is 0. The molecule has 3 rings (SSSR count). The lowest BCUT2D eigenvalue weighted by molar-refractivity contribution is 0.127. The Bertz CT molecular complexity index is 428. The molecule has 0 radical (unpaired) electrons. The van der Waals surface area contributed by atoms with Crippen molar-refractivity contribution in [1.29, 1.82) is 0 Å². The molecule has 0 N–H and O–H groups in total. The van der Waals surface area contributed by atoms with Crippen molar-refractivity contribution >= 4 is 11.6 Å². The minimum atomic E-state index is -0.164. The van der Waals surface area contributed by atoms with Crippen LogP contribution >= 0.6 is 11.6 Å². The van der Waals surface area contributed by atoms with Crippen LogP contribution in [0.1, 0.15) is 50.5 Å². The molecule has 0 bridgehead atoms. The second-order valence-electron chi connectivity index (χ2n) is 6.72. The SMILES string of the molecule is Fc1ccc(CC(Cl)C2CCC3CCCCC3C2)cc1. The van der Waals surface area contributed by atoms with Gasteiger partial charge in [0.15, 0.2) is 0 Å². The molecule has 0 aromatic heterocycles. The Morgan fingerprint density at radius 1 is 1.00 bits per heavy atom. The molecule has 4 unspecified atom stereocenters. The first-order chi connectivity index (χ1) is 9.72. The molecule has 2 saturated carbocycles. The summed E-state index contributed by atoms with van der Waals surface area (Å²) in [5.41, 5.74) is 1.16. The van der Waals surface area contributed by atoms with E-state index < -0.39 is 0 Å². The molecular weight excluding hydrogens is 271 g/mol. The minimum absolute atomic E-state index is 0.164. The molecule has 0 saturated heterocycles. The Morgan fingerprint density at radius 3 is 2.45 bits per heavy atom. The summed E-state index contributed by atoms with van der Waals surface area (Å²) in [6.07, 6.45) is 10.6. The molecule has 2 aliphatic rings. The molecule has 4 atom stereocenters. The van der Waals surface area contributed by atoms with Gasteiger partial charge in [0.05, 0.1) is 0 Å². The average molecular weight is 295 g/mol. The van der Waals surface area contributed by atoms with Crippen molar-refractivity contribution in [1.82, 2.24) is 0 Å². The summed E-state index contributed by atoms with van der Waals surface area (Å²) in [4.78, 5) is 0. The van der Waals surface area contributed by atoms with Crippen LogP contribution in [0.2, 0.25) is 0 Å². The molecule has 0 aliphatic heterocycles. The highest BCUT2D eigenvalue weighted by Gasteiger charge is 2.34. The lowest BCUT2D eigenvalue weighted by Crippen LogP contribution is -2.32. The van der Waals surface area contributed by atoms with Crippen molar-refractivity contribution in [2.24, 2.45) is 17.8 Å². The molecule has 1 aromatic carbocycles. The second-order valence-corrected chi connectivity index (χ2v) is 7.28. The van der Waals surface area contributed by atoms with Crippen molar-refractivity contribution in [3.8, 4) is 0 Å². The van der Waals surface area contributed by atoms with Gasteiger partial charge >= 0.3 is 0 Å². The maximum Gasteiger partial charge on any atom is 0.123 e. The first-order valence-electron chi connectivity index (χ1n) is 8.11. The third kappa shape index (κ3) is 3.36. The van der Waals surface area contributed by atoms with Crippen LogP contribution in [0.5, 0.6) is 0 Å². The number of hydrogen-bond donors (Lipinski definition) is 0. The Labute approximate surface area is 126 Å². The number of benzene rings is 1. The third-order valence-electron chi connectivity index (χ3n) is 5.44. The molecule has 0 nitrogen and oxygen atoms in total. The van der Waals surface area contributed by atoms with Crippen LogP contribution in [0.15, 0.2) is 24.3 Å². The normalized spacial score (nSPS) is 31.6. The standard InChI is InChI=1S/C18H24ClF/c19-18(11-13-5-9-17(20)10-6-13)16-8-7-14-3-1-2-4-15(14)12-16/h5-6,9-10,14-16,18H,1-4,7-8,11-12H2. The Kier molecular flexibility index (Phi) is 4.65. The molecule has 0 spiro atoms. The van der Waals surface area contributed by atoms with Crippen LogP contribution < -0.4 is 0 Å². The average Bonchev–Trinajstić information content (AvgIpc) is 2.49. The second kappa shape index (κ2) is 6.47. The van der Waals surface area contributed by atoms with E-state index in [4.69, 9.17) is 11.6 Å². The Hall–Kier alpha value is -0.560. The summed E-state index contributed by atoms with van der Waals surface area (Å²) in [5, 5.41) is 0.211. The fourth-order valence-corrected chi connectivity index (χ4v) is 4.66. The molecule has 0 amide bonds. The van der Waals surface area contributed by atoms with Gasteiger partial charge in [0.2, 0.25) is 0 Å². The largest absolute Gasteiger partial charge is 0.207 e. The summed E-state index contributed by atoms with van der Waals surface area (Å²) < 4.78 is 12.9. The smallest absolute Gasteiger partial charge is 0.123 e. The van der Waals surface area contributed by atoms with E-state index >= 15 is 0 Å². The van der Waals surface area contributed by atoms with Crippen molar-refractivity contribution < 1.29 is 4.39 Å². The van der Waals surface area contributed by atoms with Gasteiger partial charge in [-0.1, -0.05) is 37.8 Å². The Morgan fingerprint density at radius 2 is 1.70 bits per heavy atom. The van der Waals surface area contributed by atoms with Gasteiger partial charge in [-0.3, -0.25) is 0 Å². The number of halogens is 2. The molecule has 2 heteroatoms. The number of rotatable bonds is 3. The van der Waals surface area contributed by atoms with E-state index in [1.807, 2.05) is 12.1 Å². The predicted octanol–water partition coefficient (Wildman–Crippen LogP) is 5.58. The highest BCUT2D eigenvalue weighted by atomic mass is 35.5. The third-order valence-corrected chi connectivity index (χ3v) is 5.95. The van der Waals surface area contributed by atoms with Crippen molar-refractivity contribution in [3.05, 3.63) is 35.6 Å². The van der Waals surface area contributed by atoms with Gasteiger partial charge in [0.1, 0.15) is 5.82 Å². The van der Waals surface area contributed by atoms with E-state index in [0.29, 0.717) is 5.92 Å². The van der Waals surface area contributed by atoms with Gasteiger partial charge in [-0.25, -0.2) is 4.39 Å². The van der Waals surface area contributed by atoms with Crippen LogP contribution in [0.4, 0.5) is 4.39 Å². The van der Waals surface area contributed by atoms with Gasteiger partial charge in [-0.15, -0.1) is 11.6 Å². The fraction of sp³-hybridized carbons (Fsp3) is 0.667. The monoisotopic (exact) mass is 294 g/mol. The van der Waals surface area contributed by atoms with E-state index in [1.54, 1.807) is 0 Å². The summed E-state index contributed by atoms with van der Waals surface area (Å²) in [6, 6.07) is 6.82. The van der Waals surface area contributed by atoms with Gasteiger partial charge in [0.25, 0.3) is 0 Å². The molecule has 1 aromatic rings. The van der Waals surface area contributed by atoms with Crippen LogP contribution in [0, 0.1) is 23.6 Å². The maximum atomic E-state index is 12.9. The first-order valence-corrected chi connectivity index (χ1v) is 8.54. The van der Waals surface area contributed by atoms with Crippen molar-refractivity contribution in [2.45, 2.75) is 56.7 Å². The summed E-state index contributed by atoms with van der Waals surface area (Å²) in [5.74, 6) is 2.40. The van der Waals surface area contributed by atoms with E-state index in [0.717, 1.165) is 23.8 Å². The van der Waals surface area contributed by atoms with Crippen LogP contribution in [-0.2, 0) is 6.42 Å². The highest BCUT2D eigenvalue weighted by Crippen LogP contribution is 2.44. The van der Waals surface area contributed by atoms with E-state index in [2.05, 4.69) is 0 Å². The zero-order chi connectivity index (χ0) is 13.9. The van der Waals surface area contributed by atoms with Gasteiger partial charge < -0.3 is 0 Å². The molecular formula is C18H24ClF. The summed E-state index contributed by atoms with van der Waals surface area (Å²) in [6.45, 7) is 0. The van der Waals surface area contributed by atoms with E-state index in [1.165, 1.54) is 57.1 Å². The Balaban J connectivity index is 1.57. The van der Waals surface area contributed by atoms with E-state index in [-0.39, 0.29) is 11.2 Å². The maximum absolute atomic E-state index is 12.9. The zero-order valence-electron chi connectivity index (χ0n) is 12.0. The lowest BCUT2D eigenvalue weighted by atomic mass is 9.66. The highest BCUT2D eigenvalue weighted by molar-refractivity contribution is 6.20. The quantitative estimate of drug-likeness (QED) is 0.638. The van der Waals surface area contributed by atoms with Gasteiger partial charge in [0, 0.05) is 5.38 Å². The summed E-state index contributed by atoms with van der Waals surface area (Å²) >= 11 is 6.67. The number of hydrogen-bond acceptors (Lipinski definition) is 0. The van der Waals surface area contributed by atoms with Gasteiger partial charge in [-0.2, -0.15) is 0 Å². The first kappa shape index (κ1) is 14.4. The minimum Gasteiger partial charge on any atom is -0.207 e. The molecule has 110 valence electrons.